The van der Waals surface area contributed by atoms with Gasteiger partial charge in [-0.2, -0.15) is 0 Å². The monoisotopic (exact) mass is 633 g/mol. The van der Waals surface area contributed by atoms with Crippen LogP contribution in [0, 0.1) is 28.1 Å². The minimum Gasteiger partial charge on any atom is -0.324 e. The SMILES string of the molecule is CC(C)(C)C1N(C(C)(C)C)C(CC(C)(C)C2N(C(C)(C)C)C(CC(C)(C)C3[C@@H](N)[C@@H](F)CN3C(C)(C)C)[C@@H]3C[C@]23N)[C@H]2C[C@@]12N. The maximum Gasteiger partial charge on any atom is 0.129 e. The maximum absolute atomic E-state index is 15.3. The largest absolute Gasteiger partial charge is 0.324 e. The van der Waals surface area contributed by atoms with Gasteiger partial charge in [-0.1, -0.05) is 48.5 Å². The smallest absolute Gasteiger partial charge is 0.129 e. The molecule has 11 atom stereocenters. The van der Waals surface area contributed by atoms with Crippen LogP contribution in [0.1, 0.15) is 136 Å². The van der Waals surface area contributed by atoms with Crippen LogP contribution in [0.25, 0.3) is 0 Å². The van der Waals surface area contributed by atoms with Gasteiger partial charge in [0.25, 0.3) is 0 Å². The van der Waals surface area contributed by atoms with Gasteiger partial charge in [0.2, 0.25) is 0 Å². The summed E-state index contributed by atoms with van der Waals surface area (Å²) >= 11 is 0. The van der Waals surface area contributed by atoms with Gasteiger partial charge in [0.15, 0.2) is 0 Å². The molecule has 262 valence electrons. The van der Waals surface area contributed by atoms with E-state index in [2.05, 4.69) is 125 Å². The number of halogens is 1. The molecular formula is C38H73FN6. The van der Waals surface area contributed by atoms with Crippen molar-refractivity contribution in [3.8, 4) is 0 Å². The van der Waals surface area contributed by atoms with Crippen LogP contribution >= 0.6 is 0 Å². The fourth-order valence-corrected chi connectivity index (χ4v) is 11.9. The van der Waals surface area contributed by atoms with Crippen LogP contribution < -0.4 is 17.2 Å². The first-order valence-corrected chi connectivity index (χ1v) is 18.2. The number of alkyl halides is 1. The first kappa shape index (κ1) is 36.0. The topological polar surface area (TPSA) is 87.8 Å². The zero-order valence-corrected chi connectivity index (χ0v) is 32.2. The summed E-state index contributed by atoms with van der Waals surface area (Å²) in [5, 5.41) is 0. The highest BCUT2D eigenvalue weighted by molar-refractivity contribution is 5.32. The lowest BCUT2D eigenvalue weighted by molar-refractivity contribution is -0.0558. The second-order valence-electron chi connectivity index (χ2n) is 22.1. The first-order chi connectivity index (χ1) is 19.9. The molecule has 2 saturated carbocycles. The van der Waals surface area contributed by atoms with Crippen LogP contribution in [0.15, 0.2) is 0 Å². The molecular weight excluding hydrogens is 559 g/mol. The van der Waals surface area contributed by atoms with E-state index in [0.717, 1.165) is 25.7 Å². The lowest BCUT2D eigenvalue weighted by Gasteiger charge is -2.55. The number of fused-ring (bicyclic) bond motifs is 2. The van der Waals surface area contributed by atoms with E-state index < -0.39 is 12.2 Å². The Morgan fingerprint density at radius 2 is 1.02 bits per heavy atom. The van der Waals surface area contributed by atoms with E-state index in [9.17, 15) is 0 Å². The molecule has 5 fully saturated rings. The van der Waals surface area contributed by atoms with Gasteiger partial charge in [-0.3, -0.25) is 14.7 Å². The average molecular weight is 633 g/mol. The van der Waals surface area contributed by atoms with Gasteiger partial charge in [-0.25, -0.2) is 4.39 Å². The van der Waals surface area contributed by atoms with E-state index in [1.807, 2.05) is 0 Å². The Kier molecular flexibility index (Phi) is 8.09. The van der Waals surface area contributed by atoms with Crippen molar-refractivity contribution in [3.05, 3.63) is 0 Å². The molecule has 3 saturated heterocycles. The van der Waals surface area contributed by atoms with Crippen LogP contribution in [0.3, 0.4) is 0 Å². The zero-order chi connectivity index (χ0) is 34.5. The van der Waals surface area contributed by atoms with Gasteiger partial charge < -0.3 is 17.2 Å². The summed E-state index contributed by atoms with van der Waals surface area (Å²) in [6, 6.07) is 0.879. The molecule has 0 aromatic heterocycles. The highest BCUT2D eigenvalue weighted by atomic mass is 19.1. The second-order valence-corrected chi connectivity index (χ2v) is 22.1. The Morgan fingerprint density at radius 3 is 1.42 bits per heavy atom. The van der Waals surface area contributed by atoms with Crippen molar-refractivity contribution in [3.63, 3.8) is 0 Å². The number of nitrogens with zero attached hydrogens (tertiary/aromatic N) is 3. The zero-order valence-electron chi connectivity index (χ0n) is 32.2. The number of rotatable bonds is 6. The fraction of sp³-hybridized carbons (Fsp3) is 1.00. The van der Waals surface area contributed by atoms with Gasteiger partial charge in [0.05, 0.1) is 6.04 Å². The molecule has 0 amide bonds. The van der Waals surface area contributed by atoms with Crippen LogP contribution in [-0.2, 0) is 0 Å². The molecule has 7 heteroatoms. The van der Waals surface area contributed by atoms with Crippen LogP contribution in [-0.4, -0.2) is 91.4 Å². The minimum atomic E-state index is -0.997. The molecule has 0 aromatic carbocycles. The summed E-state index contributed by atoms with van der Waals surface area (Å²) in [4.78, 5) is 8.01. The molecule has 5 aliphatic rings. The van der Waals surface area contributed by atoms with E-state index in [1.165, 1.54) is 0 Å². The normalized spacial score (nSPS) is 43.6. The van der Waals surface area contributed by atoms with Crippen molar-refractivity contribution >= 4 is 0 Å². The fourth-order valence-electron chi connectivity index (χ4n) is 11.9. The third-order valence-corrected chi connectivity index (χ3v) is 13.2. The Bertz CT molecular complexity index is 1140. The van der Waals surface area contributed by atoms with Crippen molar-refractivity contribution in [1.82, 2.24) is 14.7 Å². The summed E-state index contributed by atoms with van der Waals surface area (Å²) < 4.78 is 15.3. The molecule has 5 unspecified atom stereocenters. The van der Waals surface area contributed by atoms with Crippen molar-refractivity contribution in [2.75, 3.05) is 6.54 Å². The van der Waals surface area contributed by atoms with Crippen molar-refractivity contribution in [1.29, 1.82) is 0 Å². The maximum atomic E-state index is 15.3. The van der Waals surface area contributed by atoms with E-state index in [1.54, 1.807) is 0 Å². The minimum absolute atomic E-state index is 0.0204. The van der Waals surface area contributed by atoms with Gasteiger partial charge in [-0.05, 0) is 116 Å². The predicted octanol–water partition coefficient (Wildman–Crippen LogP) is 6.15. The second kappa shape index (κ2) is 10.1. The van der Waals surface area contributed by atoms with E-state index in [4.69, 9.17) is 17.2 Å². The summed E-state index contributed by atoms with van der Waals surface area (Å²) in [6.07, 6.45) is 3.26. The molecule has 0 bridgehead atoms. The third kappa shape index (κ3) is 5.67. The highest BCUT2D eigenvalue weighted by Gasteiger charge is 2.76. The third-order valence-electron chi connectivity index (χ3n) is 13.2. The average Bonchev–Trinajstić information content (AvgIpc) is 3.57. The standard InChI is InChI=1S/C38H73FN6/c1-31(2,3)29-37(41)17-22(37)26(44(29)33(7,8)9)20-36(15,16)30-38(42)18-23(38)25(45(30)34(10,11)12)19-35(13,14)28-27(40)24(39)21-43(28)32(4,5)6/h22-30H,17-21,40-42H2,1-16H3/t22-,23+,24+,25?,26?,27+,28?,29?,30?,37+,38-/m1/s1. The molecule has 5 rings (SSSR count). The van der Waals surface area contributed by atoms with Crippen molar-refractivity contribution in [2.45, 2.75) is 207 Å². The molecule has 0 radical (unpaired) electrons. The van der Waals surface area contributed by atoms with Gasteiger partial charge >= 0.3 is 0 Å². The molecule has 6 N–H and O–H groups in total. The summed E-state index contributed by atoms with van der Waals surface area (Å²) in [7, 11) is 0. The number of likely N-dealkylation sites (tertiary alicyclic amines) is 3. The highest BCUT2D eigenvalue weighted by Crippen LogP contribution is 2.67. The van der Waals surface area contributed by atoms with Gasteiger partial charge in [0, 0.05) is 64.4 Å². The number of nitrogens with two attached hydrogens (primary N) is 3. The van der Waals surface area contributed by atoms with E-state index >= 15 is 4.39 Å². The van der Waals surface area contributed by atoms with E-state index in [-0.39, 0.29) is 56.0 Å². The number of hydrogen-bond acceptors (Lipinski definition) is 6. The molecule has 0 spiro atoms. The molecule has 2 aliphatic carbocycles. The molecule has 0 aromatic rings. The molecule has 45 heavy (non-hydrogen) atoms. The van der Waals surface area contributed by atoms with E-state index in [0.29, 0.717) is 36.5 Å². The van der Waals surface area contributed by atoms with Crippen LogP contribution in [0.2, 0.25) is 0 Å². The Hall–Kier alpha value is -0.310. The Balaban J connectivity index is 1.48. The Morgan fingerprint density at radius 1 is 0.622 bits per heavy atom. The number of hydrogen-bond donors (Lipinski definition) is 3. The van der Waals surface area contributed by atoms with Crippen LogP contribution in [0.4, 0.5) is 4.39 Å². The van der Waals surface area contributed by atoms with Crippen molar-refractivity contribution in [2.24, 2.45) is 45.3 Å². The van der Waals surface area contributed by atoms with Crippen molar-refractivity contribution < 1.29 is 4.39 Å². The molecule has 3 heterocycles. The summed E-state index contributed by atoms with van der Waals surface area (Å²) in [6.45, 7) is 38.1. The Labute approximate surface area is 277 Å². The lowest BCUT2D eigenvalue weighted by Crippen LogP contribution is -2.64. The van der Waals surface area contributed by atoms with Gasteiger partial charge in [0.1, 0.15) is 6.17 Å². The summed E-state index contributed by atoms with van der Waals surface area (Å²) in [5.41, 5.74) is 21.0. The van der Waals surface area contributed by atoms with Gasteiger partial charge in [-0.15, -0.1) is 0 Å². The number of piperidine rings is 2. The lowest BCUT2D eigenvalue weighted by atomic mass is 9.71. The quantitative estimate of drug-likeness (QED) is 0.326. The predicted molar refractivity (Wildman–Crippen MR) is 188 cm³/mol. The summed E-state index contributed by atoms with van der Waals surface area (Å²) in [5.74, 6) is 0.977. The molecule has 6 nitrogen and oxygen atoms in total. The molecule has 3 aliphatic heterocycles. The van der Waals surface area contributed by atoms with Crippen LogP contribution in [0.5, 0.6) is 0 Å². The first-order valence-electron chi connectivity index (χ1n) is 18.2.